The third-order valence-electron chi connectivity index (χ3n) is 4.77. The fourth-order valence-electron chi connectivity index (χ4n) is 2.99. The van der Waals surface area contributed by atoms with Gasteiger partial charge in [0, 0.05) is 42.1 Å². The molecule has 0 saturated heterocycles. The molecule has 11 nitrogen and oxygen atoms in total. The number of carbonyl (C=O) groups excluding carboxylic acids is 4. The molecule has 1 unspecified atom stereocenters. The Morgan fingerprint density at radius 3 is 1.59 bits per heavy atom. The van der Waals surface area contributed by atoms with Crippen molar-refractivity contribution >= 4 is 32.7 Å². The molecule has 0 aromatic rings. The molecule has 0 fully saturated rings. The molecule has 0 spiro atoms. The van der Waals surface area contributed by atoms with Gasteiger partial charge in [-0.1, -0.05) is 39.7 Å². The lowest BCUT2D eigenvalue weighted by Gasteiger charge is -2.40. The molecule has 0 aliphatic heterocycles. The normalized spacial score (nSPS) is 12.1. The first-order valence-corrected chi connectivity index (χ1v) is 14.6. The predicted molar refractivity (Wildman–Crippen MR) is 145 cm³/mol. The molecule has 0 saturated carbocycles. The minimum absolute atomic E-state index is 0.0810. The van der Waals surface area contributed by atoms with Gasteiger partial charge in [-0.2, -0.15) is 0 Å². The fraction of sp³-hybridized carbons (Fsp3) is 0.556. The number of rotatable bonds is 20. The van der Waals surface area contributed by atoms with Crippen LogP contribution in [-0.2, 0) is 51.4 Å². The summed E-state index contributed by atoms with van der Waals surface area (Å²) in [5.74, 6) is -6.55. The molecule has 1 atom stereocenters. The zero-order valence-electron chi connectivity index (χ0n) is 23.9. The van der Waals surface area contributed by atoms with Gasteiger partial charge in [-0.15, -0.1) is 0 Å². The van der Waals surface area contributed by atoms with Gasteiger partial charge in [0.25, 0.3) is 0 Å². The maximum atomic E-state index is 12.8. The maximum Gasteiger partial charge on any atom is 0.501 e. The van der Waals surface area contributed by atoms with E-state index in [1.807, 2.05) is 6.92 Å². The Morgan fingerprint density at radius 2 is 1.26 bits per heavy atom. The minimum Gasteiger partial charge on any atom is -0.463 e. The van der Waals surface area contributed by atoms with Crippen LogP contribution in [0.3, 0.4) is 0 Å². The summed E-state index contributed by atoms with van der Waals surface area (Å²) >= 11 is 0. The first kappa shape index (κ1) is 35.9. The van der Waals surface area contributed by atoms with Crippen LogP contribution in [0.25, 0.3) is 0 Å². The van der Waals surface area contributed by atoms with E-state index in [0.717, 1.165) is 6.08 Å². The van der Waals surface area contributed by atoms with E-state index in [2.05, 4.69) is 26.3 Å². The van der Waals surface area contributed by atoms with Crippen molar-refractivity contribution in [2.75, 3.05) is 19.8 Å². The quantitative estimate of drug-likeness (QED) is 0.0681. The highest BCUT2D eigenvalue weighted by molar-refractivity contribution is 6.60. The molecule has 0 aromatic carbocycles. The van der Waals surface area contributed by atoms with Gasteiger partial charge in [0.05, 0.1) is 6.61 Å². The highest BCUT2D eigenvalue weighted by Gasteiger charge is 2.57. The highest BCUT2D eigenvalue weighted by atomic mass is 28.4. The van der Waals surface area contributed by atoms with Crippen molar-refractivity contribution in [2.45, 2.75) is 78.9 Å². The van der Waals surface area contributed by atoms with Gasteiger partial charge in [0.15, 0.2) is 6.10 Å². The van der Waals surface area contributed by atoms with Crippen LogP contribution < -0.4 is 0 Å². The van der Waals surface area contributed by atoms with E-state index in [1.54, 1.807) is 13.8 Å². The molecule has 39 heavy (non-hydrogen) atoms. The average Bonchev–Trinajstić information content (AvgIpc) is 2.85. The first-order valence-electron chi connectivity index (χ1n) is 12.6. The summed E-state index contributed by atoms with van der Waals surface area (Å²) in [7, 11) is -3.56. The minimum atomic E-state index is -3.56. The van der Waals surface area contributed by atoms with Gasteiger partial charge in [-0.25, -0.2) is 19.2 Å². The van der Waals surface area contributed by atoms with E-state index in [0.29, 0.717) is 12.5 Å². The van der Waals surface area contributed by atoms with Gasteiger partial charge < -0.3 is 32.2 Å². The number of hydrogen-bond acceptors (Lipinski definition) is 11. The van der Waals surface area contributed by atoms with E-state index in [9.17, 15) is 19.2 Å². The lowest BCUT2D eigenvalue weighted by molar-refractivity contribution is -0.360. The van der Waals surface area contributed by atoms with E-state index in [4.69, 9.17) is 32.2 Å². The predicted octanol–water partition coefficient (Wildman–Crippen LogP) is 4.31. The van der Waals surface area contributed by atoms with Gasteiger partial charge >= 0.3 is 38.7 Å². The van der Waals surface area contributed by atoms with Crippen molar-refractivity contribution < 1.29 is 51.4 Å². The molecule has 220 valence electrons. The summed E-state index contributed by atoms with van der Waals surface area (Å²) < 4.78 is 40.0. The van der Waals surface area contributed by atoms with E-state index in [-0.39, 0.29) is 49.4 Å². The third-order valence-corrected chi connectivity index (χ3v) is 7.99. The molecule has 0 radical (unpaired) electrons. The Kier molecular flexibility index (Phi) is 16.1. The third kappa shape index (κ3) is 12.1. The van der Waals surface area contributed by atoms with Crippen LogP contribution in [0.2, 0.25) is 6.04 Å². The molecule has 0 aliphatic rings. The molecular formula is C27H42O11Si. The van der Waals surface area contributed by atoms with E-state index >= 15 is 0 Å². The SMILES string of the molecule is C=CC(=O)OCCCC(O[Si](CCC)(OCC)OCC)C(OC(=O)C(=C)C)(OC(=O)C(=C)C)OC(=O)C(=C)C. The smallest absolute Gasteiger partial charge is 0.463 e. The zero-order chi connectivity index (χ0) is 30.2. The molecule has 0 rings (SSSR count). The second-order valence-electron chi connectivity index (χ2n) is 8.53. The monoisotopic (exact) mass is 570 g/mol. The van der Waals surface area contributed by atoms with Crippen molar-refractivity contribution in [3.63, 3.8) is 0 Å². The van der Waals surface area contributed by atoms with Gasteiger partial charge in [0.1, 0.15) is 0 Å². The molecule has 0 aromatic heterocycles. The number of esters is 4. The molecule has 0 bridgehead atoms. The summed E-state index contributed by atoms with van der Waals surface area (Å²) in [4.78, 5) is 50.0. The largest absolute Gasteiger partial charge is 0.501 e. The van der Waals surface area contributed by atoms with Crippen LogP contribution in [0.15, 0.2) is 49.1 Å². The average molecular weight is 571 g/mol. The van der Waals surface area contributed by atoms with Crippen LogP contribution >= 0.6 is 0 Å². The van der Waals surface area contributed by atoms with Crippen molar-refractivity contribution in [3.8, 4) is 0 Å². The summed E-state index contributed by atoms with van der Waals surface area (Å²) in [6.45, 7) is 23.8. The van der Waals surface area contributed by atoms with Gasteiger partial charge in [-0.3, -0.25) is 0 Å². The Bertz CT molecular complexity index is 838. The van der Waals surface area contributed by atoms with Crippen molar-refractivity contribution in [1.82, 2.24) is 0 Å². The maximum absolute atomic E-state index is 12.8. The lowest BCUT2D eigenvalue weighted by Crippen LogP contribution is -2.60. The molecule has 0 heterocycles. The first-order chi connectivity index (χ1) is 18.2. The lowest BCUT2D eigenvalue weighted by atomic mass is 10.1. The summed E-state index contributed by atoms with van der Waals surface area (Å²) in [5, 5.41) is 0. The highest BCUT2D eigenvalue weighted by Crippen LogP contribution is 2.34. The van der Waals surface area contributed by atoms with Gasteiger partial charge in [-0.05, 0) is 47.5 Å². The number of carbonyl (C=O) groups is 4. The van der Waals surface area contributed by atoms with Gasteiger partial charge in [0.2, 0.25) is 0 Å². The van der Waals surface area contributed by atoms with Crippen molar-refractivity contribution in [3.05, 3.63) is 49.1 Å². The second kappa shape index (κ2) is 17.5. The Hall–Kier alpha value is -3.06. The molecule has 0 aliphatic carbocycles. The zero-order valence-corrected chi connectivity index (χ0v) is 24.9. The van der Waals surface area contributed by atoms with Crippen LogP contribution in [0.5, 0.6) is 0 Å². The summed E-state index contributed by atoms with van der Waals surface area (Å²) in [6.07, 6.45) is 0.0804. The summed E-state index contributed by atoms with van der Waals surface area (Å²) in [5.41, 5.74) is -0.243. The van der Waals surface area contributed by atoms with E-state index < -0.39 is 44.8 Å². The topological polar surface area (TPSA) is 133 Å². The van der Waals surface area contributed by atoms with Crippen LogP contribution in [-0.4, -0.2) is 64.6 Å². The standard InChI is InChI=1S/C27H42O11Si/c1-11-18-39(33-13-3,34-14-4)38-22(16-15-17-32-23(28)12-2)27(35-24(29)19(5)6,36-25(30)20(7)8)37-26(31)21(9)10/h12,22H,2,5,7,9,11,13-18H2,1,3-4,6,8,10H3. The summed E-state index contributed by atoms with van der Waals surface area (Å²) in [6, 6.07) is 0.337. The number of ether oxygens (including phenoxy) is 4. The second-order valence-corrected chi connectivity index (χ2v) is 11.2. The van der Waals surface area contributed by atoms with Crippen LogP contribution in [0.4, 0.5) is 0 Å². The van der Waals surface area contributed by atoms with Crippen LogP contribution in [0.1, 0.15) is 60.8 Å². The fourth-order valence-corrected chi connectivity index (χ4v) is 5.81. The number of hydrogen-bond donors (Lipinski definition) is 0. The molecule has 12 heteroatoms. The molecule has 0 amide bonds. The molecule has 0 N–H and O–H groups in total. The molecular weight excluding hydrogens is 528 g/mol. The van der Waals surface area contributed by atoms with E-state index in [1.165, 1.54) is 20.8 Å². The Morgan fingerprint density at radius 1 is 0.821 bits per heavy atom. The van der Waals surface area contributed by atoms with Crippen LogP contribution in [0, 0.1) is 0 Å². The van der Waals surface area contributed by atoms with Crippen molar-refractivity contribution in [1.29, 1.82) is 0 Å². The Balaban J connectivity index is 7.07. The Labute approximate surface area is 232 Å². The van der Waals surface area contributed by atoms with Crippen molar-refractivity contribution in [2.24, 2.45) is 0 Å².